The lowest BCUT2D eigenvalue weighted by atomic mass is 10.2. The number of hydrogen-bond acceptors (Lipinski definition) is 6. The molecular weight excluding hydrogens is 320 g/mol. The molecule has 0 radical (unpaired) electrons. The number of methoxy groups -OCH3 is 1. The second-order valence-electron chi connectivity index (χ2n) is 5.38. The summed E-state index contributed by atoms with van der Waals surface area (Å²) in [5.74, 6) is 1.54. The number of nitrogens with one attached hydrogen (secondary N) is 1. The van der Waals surface area contributed by atoms with Crippen molar-refractivity contribution >= 4 is 5.91 Å². The highest BCUT2D eigenvalue weighted by Gasteiger charge is 2.11. The van der Waals surface area contributed by atoms with E-state index in [0.29, 0.717) is 24.7 Å². The van der Waals surface area contributed by atoms with Gasteiger partial charge in [-0.05, 0) is 23.8 Å². The number of carbonyl (C=O) groups is 1. The summed E-state index contributed by atoms with van der Waals surface area (Å²) in [6.45, 7) is 0.450. The van der Waals surface area contributed by atoms with E-state index in [1.54, 1.807) is 19.5 Å². The predicted molar refractivity (Wildman–Crippen MR) is 90.7 cm³/mol. The zero-order chi connectivity index (χ0) is 17.5. The molecule has 0 aliphatic carbocycles. The zero-order valence-electron chi connectivity index (χ0n) is 13.8. The second-order valence-corrected chi connectivity index (χ2v) is 5.38. The number of rotatable bonds is 7. The second kappa shape index (κ2) is 8.05. The third kappa shape index (κ3) is 4.63. The van der Waals surface area contributed by atoms with Gasteiger partial charge < -0.3 is 14.6 Å². The standard InChI is InChI=1S/C18H18N4O3/c1-24-15-6-2-5-14(10-15)18-21-17(25-22-18)8-7-16(23)20-12-13-4-3-9-19-11-13/h2-6,9-11H,7-8,12H2,1H3,(H,20,23). The van der Waals surface area contributed by atoms with Crippen LogP contribution in [-0.2, 0) is 17.8 Å². The molecule has 3 aromatic rings. The molecule has 0 aliphatic rings. The minimum atomic E-state index is -0.0787. The summed E-state index contributed by atoms with van der Waals surface area (Å²) in [6.07, 6.45) is 4.08. The van der Waals surface area contributed by atoms with Crippen LogP contribution in [0.15, 0.2) is 53.3 Å². The summed E-state index contributed by atoms with van der Waals surface area (Å²) in [5.41, 5.74) is 1.75. The first-order valence-corrected chi connectivity index (χ1v) is 7.87. The first kappa shape index (κ1) is 16.6. The first-order chi connectivity index (χ1) is 12.2. The highest BCUT2D eigenvalue weighted by molar-refractivity contribution is 5.76. The minimum Gasteiger partial charge on any atom is -0.497 e. The molecule has 3 rings (SSSR count). The molecule has 1 aromatic carbocycles. The van der Waals surface area contributed by atoms with Gasteiger partial charge in [0.15, 0.2) is 0 Å². The van der Waals surface area contributed by atoms with Crippen LogP contribution in [0, 0.1) is 0 Å². The number of aromatic nitrogens is 3. The molecular formula is C18H18N4O3. The maximum absolute atomic E-state index is 11.9. The van der Waals surface area contributed by atoms with Crippen molar-refractivity contribution in [3.05, 3.63) is 60.2 Å². The van der Waals surface area contributed by atoms with Crippen molar-refractivity contribution in [2.24, 2.45) is 0 Å². The van der Waals surface area contributed by atoms with Crippen molar-refractivity contribution in [3.8, 4) is 17.1 Å². The Bertz CT molecular complexity index is 833. The van der Waals surface area contributed by atoms with Crippen molar-refractivity contribution in [3.63, 3.8) is 0 Å². The molecule has 0 saturated heterocycles. The molecule has 128 valence electrons. The summed E-state index contributed by atoms with van der Waals surface area (Å²) in [6, 6.07) is 11.1. The van der Waals surface area contributed by atoms with Crippen LogP contribution in [0.2, 0.25) is 0 Å². The van der Waals surface area contributed by atoms with Crippen molar-refractivity contribution in [2.75, 3.05) is 7.11 Å². The molecule has 1 N–H and O–H groups in total. The van der Waals surface area contributed by atoms with Gasteiger partial charge in [0.05, 0.1) is 7.11 Å². The summed E-state index contributed by atoms with van der Waals surface area (Å²) in [7, 11) is 1.60. The van der Waals surface area contributed by atoms with Crippen LogP contribution in [0.4, 0.5) is 0 Å². The van der Waals surface area contributed by atoms with Crippen LogP contribution in [0.1, 0.15) is 17.9 Å². The molecule has 0 unspecified atom stereocenters. The van der Waals surface area contributed by atoms with Gasteiger partial charge in [-0.15, -0.1) is 0 Å². The van der Waals surface area contributed by atoms with E-state index in [-0.39, 0.29) is 12.3 Å². The molecule has 0 aliphatic heterocycles. The van der Waals surface area contributed by atoms with E-state index in [1.165, 1.54) is 0 Å². The molecule has 25 heavy (non-hydrogen) atoms. The van der Waals surface area contributed by atoms with Gasteiger partial charge in [-0.3, -0.25) is 9.78 Å². The quantitative estimate of drug-likeness (QED) is 0.711. The lowest BCUT2D eigenvalue weighted by Crippen LogP contribution is -2.23. The fourth-order valence-corrected chi connectivity index (χ4v) is 2.25. The van der Waals surface area contributed by atoms with E-state index >= 15 is 0 Å². The van der Waals surface area contributed by atoms with Crippen LogP contribution >= 0.6 is 0 Å². The number of benzene rings is 1. The number of hydrogen-bond donors (Lipinski definition) is 1. The summed E-state index contributed by atoms with van der Waals surface area (Å²) >= 11 is 0. The Labute approximate surface area is 145 Å². The van der Waals surface area contributed by atoms with Crippen LogP contribution in [-0.4, -0.2) is 28.1 Å². The Morgan fingerprint density at radius 1 is 1.28 bits per heavy atom. The maximum atomic E-state index is 11.9. The van der Waals surface area contributed by atoms with Gasteiger partial charge in [0.2, 0.25) is 17.6 Å². The molecule has 0 fully saturated rings. The molecule has 7 nitrogen and oxygen atoms in total. The van der Waals surface area contributed by atoms with E-state index in [9.17, 15) is 4.79 Å². The largest absolute Gasteiger partial charge is 0.497 e. The lowest BCUT2D eigenvalue weighted by molar-refractivity contribution is -0.121. The third-order valence-electron chi connectivity index (χ3n) is 3.57. The normalized spacial score (nSPS) is 10.4. The van der Waals surface area contributed by atoms with E-state index in [2.05, 4.69) is 20.4 Å². The highest BCUT2D eigenvalue weighted by atomic mass is 16.5. The van der Waals surface area contributed by atoms with Crippen LogP contribution < -0.4 is 10.1 Å². The topological polar surface area (TPSA) is 90.1 Å². The van der Waals surface area contributed by atoms with Gasteiger partial charge in [-0.1, -0.05) is 23.4 Å². The van der Waals surface area contributed by atoms with E-state index in [0.717, 1.165) is 16.9 Å². The Morgan fingerprint density at radius 2 is 2.20 bits per heavy atom. The van der Waals surface area contributed by atoms with Crippen LogP contribution in [0.5, 0.6) is 5.75 Å². The third-order valence-corrected chi connectivity index (χ3v) is 3.57. The Morgan fingerprint density at radius 3 is 3.00 bits per heavy atom. The van der Waals surface area contributed by atoms with E-state index in [1.807, 2.05) is 36.4 Å². The number of nitrogens with zero attached hydrogens (tertiary/aromatic N) is 3. The van der Waals surface area contributed by atoms with Gasteiger partial charge >= 0.3 is 0 Å². The van der Waals surface area contributed by atoms with Crippen molar-refractivity contribution in [1.82, 2.24) is 20.4 Å². The Kier molecular flexibility index (Phi) is 5.36. The molecule has 0 saturated carbocycles. The number of amides is 1. The predicted octanol–water partition coefficient (Wildman–Crippen LogP) is 2.39. The number of carbonyl (C=O) groups excluding carboxylic acids is 1. The number of ether oxygens (including phenoxy) is 1. The average molecular weight is 338 g/mol. The lowest BCUT2D eigenvalue weighted by Gasteiger charge is -2.03. The summed E-state index contributed by atoms with van der Waals surface area (Å²) < 4.78 is 10.4. The molecule has 1 amide bonds. The molecule has 7 heteroatoms. The number of pyridine rings is 1. The van der Waals surface area contributed by atoms with Gasteiger partial charge in [0.25, 0.3) is 0 Å². The Balaban J connectivity index is 1.52. The average Bonchev–Trinajstić information content (AvgIpc) is 3.15. The van der Waals surface area contributed by atoms with E-state index in [4.69, 9.17) is 9.26 Å². The molecule has 0 bridgehead atoms. The summed E-state index contributed by atoms with van der Waals surface area (Å²) in [4.78, 5) is 20.2. The smallest absolute Gasteiger partial charge is 0.227 e. The zero-order valence-corrected chi connectivity index (χ0v) is 13.8. The van der Waals surface area contributed by atoms with Crippen molar-refractivity contribution in [2.45, 2.75) is 19.4 Å². The number of aryl methyl sites for hydroxylation is 1. The van der Waals surface area contributed by atoms with Gasteiger partial charge in [-0.25, -0.2) is 0 Å². The molecule has 0 atom stereocenters. The highest BCUT2D eigenvalue weighted by Crippen LogP contribution is 2.21. The summed E-state index contributed by atoms with van der Waals surface area (Å²) in [5, 5.41) is 6.79. The molecule has 2 aromatic heterocycles. The van der Waals surface area contributed by atoms with Gasteiger partial charge in [-0.2, -0.15) is 4.98 Å². The Hall–Kier alpha value is -3.22. The van der Waals surface area contributed by atoms with Crippen molar-refractivity contribution in [1.29, 1.82) is 0 Å². The first-order valence-electron chi connectivity index (χ1n) is 7.87. The fourth-order valence-electron chi connectivity index (χ4n) is 2.25. The minimum absolute atomic E-state index is 0.0787. The van der Waals surface area contributed by atoms with Crippen LogP contribution in [0.25, 0.3) is 11.4 Å². The monoisotopic (exact) mass is 338 g/mol. The SMILES string of the molecule is COc1cccc(-c2noc(CCC(=O)NCc3cccnc3)n2)c1. The molecule has 2 heterocycles. The van der Waals surface area contributed by atoms with E-state index < -0.39 is 0 Å². The molecule has 0 spiro atoms. The van der Waals surface area contributed by atoms with Gasteiger partial charge in [0.1, 0.15) is 5.75 Å². The van der Waals surface area contributed by atoms with Crippen LogP contribution in [0.3, 0.4) is 0 Å². The van der Waals surface area contributed by atoms with Gasteiger partial charge in [0, 0.05) is 37.3 Å². The fraction of sp³-hybridized carbons (Fsp3) is 0.222. The van der Waals surface area contributed by atoms with Crippen molar-refractivity contribution < 1.29 is 14.1 Å². The maximum Gasteiger partial charge on any atom is 0.227 e.